The smallest absolute Gasteiger partial charge is 0.277 e. The lowest BCUT2D eigenvalue weighted by atomic mass is 10.2. The molecule has 0 fully saturated rings. The van der Waals surface area contributed by atoms with Gasteiger partial charge in [0.1, 0.15) is 5.76 Å². The minimum atomic E-state index is -0.188. The summed E-state index contributed by atoms with van der Waals surface area (Å²) in [6, 6.07) is 7.02. The van der Waals surface area contributed by atoms with Crippen molar-refractivity contribution in [1.29, 1.82) is 0 Å². The van der Waals surface area contributed by atoms with E-state index in [1.165, 1.54) is 11.8 Å². The van der Waals surface area contributed by atoms with Gasteiger partial charge in [0.25, 0.3) is 5.22 Å². The number of furan rings is 1. The minimum absolute atomic E-state index is 0.139. The molecule has 1 N–H and O–H groups in total. The van der Waals surface area contributed by atoms with E-state index in [0.29, 0.717) is 16.9 Å². The molecule has 0 aromatic carbocycles. The van der Waals surface area contributed by atoms with E-state index in [0.717, 1.165) is 5.56 Å². The van der Waals surface area contributed by atoms with Crippen LogP contribution in [0.2, 0.25) is 0 Å². The maximum absolute atomic E-state index is 11.9. The lowest BCUT2D eigenvalue weighted by Crippen LogP contribution is -2.27. The topological polar surface area (TPSA) is 94.1 Å². The fraction of sp³-hybridized carbons (Fsp3) is 0.200. The normalized spacial score (nSPS) is 12.0. The second kappa shape index (κ2) is 7.10. The predicted molar refractivity (Wildman–Crippen MR) is 83.5 cm³/mol. The highest BCUT2D eigenvalue weighted by molar-refractivity contribution is 7.99. The van der Waals surface area contributed by atoms with Gasteiger partial charge in [0, 0.05) is 12.4 Å². The second-order valence-electron chi connectivity index (χ2n) is 4.71. The van der Waals surface area contributed by atoms with Gasteiger partial charge >= 0.3 is 0 Å². The number of amides is 1. The van der Waals surface area contributed by atoms with E-state index in [1.54, 1.807) is 30.8 Å². The van der Waals surface area contributed by atoms with Gasteiger partial charge in [-0.1, -0.05) is 11.8 Å². The van der Waals surface area contributed by atoms with Crippen molar-refractivity contribution in [1.82, 2.24) is 20.5 Å². The second-order valence-corrected chi connectivity index (χ2v) is 5.63. The number of nitrogens with zero attached hydrogens (tertiary/aromatic N) is 3. The van der Waals surface area contributed by atoms with Gasteiger partial charge in [-0.05, 0) is 31.2 Å². The fourth-order valence-corrected chi connectivity index (χ4v) is 2.47. The Morgan fingerprint density at radius 2 is 2.26 bits per heavy atom. The molecule has 3 rings (SSSR count). The third-order valence-corrected chi connectivity index (χ3v) is 3.81. The Kier molecular flexibility index (Phi) is 4.72. The van der Waals surface area contributed by atoms with Crippen molar-refractivity contribution in [2.45, 2.75) is 18.2 Å². The van der Waals surface area contributed by atoms with E-state index < -0.39 is 0 Å². The minimum Gasteiger partial charge on any atom is -0.467 e. The molecule has 3 aromatic heterocycles. The van der Waals surface area contributed by atoms with Crippen LogP contribution in [0.1, 0.15) is 18.7 Å². The molecule has 0 saturated carbocycles. The number of hydrogen-bond donors (Lipinski definition) is 1. The van der Waals surface area contributed by atoms with Crippen molar-refractivity contribution in [3.05, 3.63) is 48.7 Å². The van der Waals surface area contributed by atoms with Gasteiger partial charge in [0.2, 0.25) is 11.8 Å². The molecule has 0 spiro atoms. The third-order valence-electron chi connectivity index (χ3n) is 2.99. The molecule has 0 unspecified atom stereocenters. The van der Waals surface area contributed by atoms with Crippen molar-refractivity contribution in [3.63, 3.8) is 0 Å². The highest BCUT2D eigenvalue weighted by Gasteiger charge is 2.14. The fourth-order valence-electron chi connectivity index (χ4n) is 1.89. The monoisotopic (exact) mass is 330 g/mol. The molecule has 0 aliphatic carbocycles. The Balaban J connectivity index is 1.52. The molecule has 0 aliphatic rings. The summed E-state index contributed by atoms with van der Waals surface area (Å²) in [6.07, 6.45) is 4.88. The van der Waals surface area contributed by atoms with Gasteiger partial charge < -0.3 is 14.2 Å². The molecular weight excluding hydrogens is 316 g/mol. The summed E-state index contributed by atoms with van der Waals surface area (Å²) in [4.78, 5) is 15.9. The third kappa shape index (κ3) is 3.98. The van der Waals surface area contributed by atoms with E-state index in [-0.39, 0.29) is 17.7 Å². The summed E-state index contributed by atoms with van der Waals surface area (Å²) in [7, 11) is 0. The molecule has 0 radical (unpaired) electrons. The first-order valence-corrected chi connectivity index (χ1v) is 7.90. The van der Waals surface area contributed by atoms with Crippen LogP contribution in [-0.2, 0) is 4.79 Å². The summed E-state index contributed by atoms with van der Waals surface area (Å²) >= 11 is 1.18. The maximum Gasteiger partial charge on any atom is 0.277 e. The van der Waals surface area contributed by atoms with Crippen LogP contribution < -0.4 is 5.32 Å². The quantitative estimate of drug-likeness (QED) is 0.694. The van der Waals surface area contributed by atoms with Crippen LogP contribution in [0, 0.1) is 0 Å². The zero-order valence-electron chi connectivity index (χ0n) is 12.3. The standard InChI is InChI=1S/C15H14N4O3S/c1-10(12-5-3-7-21-12)17-13(20)9-23-15-19-18-14(22-15)11-4-2-6-16-8-11/h2-8,10H,9H2,1H3,(H,17,20)/t10-/m0/s1. The zero-order valence-corrected chi connectivity index (χ0v) is 13.1. The Labute approximate surface area is 136 Å². The van der Waals surface area contributed by atoms with Gasteiger partial charge in [-0.15, -0.1) is 10.2 Å². The maximum atomic E-state index is 11.9. The molecule has 7 nitrogen and oxygen atoms in total. The van der Waals surface area contributed by atoms with Gasteiger partial charge in [-0.2, -0.15) is 0 Å². The summed E-state index contributed by atoms with van der Waals surface area (Å²) < 4.78 is 10.7. The summed E-state index contributed by atoms with van der Waals surface area (Å²) in [6.45, 7) is 1.86. The number of carbonyl (C=O) groups is 1. The van der Waals surface area contributed by atoms with Gasteiger partial charge in [-0.25, -0.2) is 0 Å². The molecule has 1 amide bonds. The Morgan fingerprint density at radius 1 is 1.35 bits per heavy atom. The number of thioether (sulfide) groups is 1. The highest BCUT2D eigenvalue weighted by atomic mass is 32.2. The first-order valence-electron chi connectivity index (χ1n) is 6.92. The molecule has 23 heavy (non-hydrogen) atoms. The number of aromatic nitrogens is 3. The summed E-state index contributed by atoms with van der Waals surface area (Å²) in [5.74, 6) is 1.13. The molecule has 3 heterocycles. The Bertz CT molecular complexity index is 758. The Hall–Kier alpha value is -2.61. The molecule has 0 saturated heterocycles. The van der Waals surface area contributed by atoms with Crippen LogP contribution in [0.4, 0.5) is 0 Å². The van der Waals surface area contributed by atoms with Crippen molar-refractivity contribution < 1.29 is 13.6 Å². The van der Waals surface area contributed by atoms with Gasteiger partial charge in [-0.3, -0.25) is 9.78 Å². The number of carbonyl (C=O) groups excluding carboxylic acids is 1. The van der Waals surface area contributed by atoms with E-state index in [2.05, 4.69) is 20.5 Å². The van der Waals surface area contributed by atoms with E-state index >= 15 is 0 Å². The number of pyridine rings is 1. The number of nitrogens with one attached hydrogen (secondary N) is 1. The van der Waals surface area contributed by atoms with Crippen LogP contribution in [0.3, 0.4) is 0 Å². The molecular formula is C15H14N4O3S. The molecule has 8 heteroatoms. The largest absolute Gasteiger partial charge is 0.467 e. The predicted octanol–water partition coefficient (Wildman–Crippen LogP) is 2.69. The van der Waals surface area contributed by atoms with Crippen LogP contribution >= 0.6 is 11.8 Å². The average Bonchev–Trinajstić information content (AvgIpc) is 3.25. The van der Waals surface area contributed by atoms with Crippen molar-refractivity contribution in [2.75, 3.05) is 5.75 Å². The SMILES string of the molecule is C[C@H](NC(=O)CSc1nnc(-c2cccnc2)o1)c1ccco1. The number of hydrogen-bond acceptors (Lipinski definition) is 7. The van der Waals surface area contributed by atoms with E-state index in [1.807, 2.05) is 19.1 Å². The van der Waals surface area contributed by atoms with Crippen molar-refractivity contribution in [3.8, 4) is 11.5 Å². The van der Waals surface area contributed by atoms with Crippen molar-refractivity contribution in [2.24, 2.45) is 0 Å². The first-order chi connectivity index (χ1) is 11.2. The van der Waals surface area contributed by atoms with Crippen LogP contribution in [0.25, 0.3) is 11.5 Å². The lowest BCUT2D eigenvalue weighted by molar-refractivity contribution is -0.119. The lowest BCUT2D eigenvalue weighted by Gasteiger charge is -2.10. The molecule has 1 atom stereocenters. The van der Waals surface area contributed by atoms with Crippen LogP contribution in [0.15, 0.2) is 57.0 Å². The first kappa shape index (κ1) is 15.3. The number of rotatable bonds is 6. The average molecular weight is 330 g/mol. The molecule has 118 valence electrons. The van der Waals surface area contributed by atoms with Gasteiger partial charge in [0.15, 0.2) is 0 Å². The zero-order chi connectivity index (χ0) is 16.1. The highest BCUT2D eigenvalue weighted by Crippen LogP contribution is 2.22. The summed E-state index contributed by atoms with van der Waals surface area (Å²) in [5.41, 5.74) is 0.739. The molecule has 3 aromatic rings. The molecule has 0 bridgehead atoms. The Morgan fingerprint density at radius 3 is 3.00 bits per heavy atom. The summed E-state index contributed by atoms with van der Waals surface area (Å²) in [5, 5.41) is 11.0. The van der Waals surface area contributed by atoms with Crippen molar-refractivity contribution >= 4 is 17.7 Å². The van der Waals surface area contributed by atoms with Gasteiger partial charge in [0.05, 0.1) is 23.6 Å². The van der Waals surface area contributed by atoms with Crippen LogP contribution in [0.5, 0.6) is 0 Å². The molecule has 0 aliphatic heterocycles. The van der Waals surface area contributed by atoms with Crippen LogP contribution in [-0.4, -0.2) is 26.8 Å². The van der Waals surface area contributed by atoms with E-state index in [4.69, 9.17) is 8.83 Å². The van der Waals surface area contributed by atoms with E-state index in [9.17, 15) is 4.79 Å².